The van der Waals surface area contributed by atoms with E-state index in [0.717, 1.165) is 5.56 Å². The Balaban J connectivity index is 1.92. The van der Waals surface area contributed by atoms with Crippen molar-refractivity contribution < 1.29 is 23.7 Å². The zero-order valence-corrected chi connectivity index (χ0v) is 15.3. The minimum atomic E-state index is -0.528. The van der Waals surface area contributed by atoms with Crippen molar-refractivity contribution in [1.82, 2.24) is 0 Å². The molecule has 3 rings (SSSR count). The standard InChI is InChI=1S/C21H19NO5/c1-24-17-11-10-15(19(25-2)20(17)26-3)13-16-21(23)27-18(22-16)12-9-14-7-5-4-6-8-14/h4-13H,1-3H3. The van der Waals surface area contributed by atoms with Crippen LogP contribution in [0.2, 0.25) is 0 Å². The van der Waals surface area contributed by atoms with Crippen molar-refractivity contribution in [1.29, 1.82) is 0 Å². The number of hydrogen-bond acceptors (Lipinski definition) is 6. The third-order valence-electron chi connectivity index (χ3n) is 3.88. The van der Waals surface area contributed by atoms with Gasteiger partial charge in [0.05, 0.1) is 21.3 Å². The number of methoxy groups -OCH3 is 3. The van der Waals surface area contributed by atoms with Gasteiger partial charge in [0.25, 0.3) is 0 Å². The van der Waals surface area contributed by atoms with E-state index in [0.29, 0.717) is 22.8 Å². The van der Waals surface area contributed by atoms with Gasteiger partial charge in [-0.15, -0.1) is 0 Å². The topological polar surface area (TPSA) is 66.4 Å². The Hall–Kier alpha value is -3.54. The van der Waals surface area contributed by atoms with Crippen molar-refractivity contribution in [3.05, 3.63) is 65.4 Å². The maximum atomic E-state index is 12.1. The van der Waals surface area contributed by atoms with Gasteiger partial charge in [-0.3, -0.25) is 0 Å². The second-order valence-electron chi connectivity index (χ2n) is 5.54. The number of rotatable bonds is 6. The number of carbonyl (C=O) groups excluding carboxylic acids is 1. The SMILES string of the molecule is COc1ccc(C=C2N=C(C=Cc3ccccc3)OC2=O)c(OC)c1OC. The molecule has 0 bridgehead atoms. The van der Waals surface area contributed by atoms with E-state index >= 15 is 0 Å². The Morgan fingerprint density at radius 1 is 0.889 bits per heavy atom. The normalized spacial score (nSPS) is 15.0. The van der Waals surface area contributed by atoms with Gasteiger partial charge in [0.1, 0.15) is 0 Å². The quantitative estimate of drug-likeness (QED) is 0.577. The fourth-order valence-corrected chi connectivity index (χ4v) is 2.61. The molecule has 0 N–H and O–H groups in total. The first-order valence-electron chi connectivity index (χ1n) is 8.21. The predicted octanol–water partition coefficient (Wildman–Crippen LogP) is 3.72. The van der Waals surface area contributed by atoms with Crippen LogP contribution >= 0.6 is 0 Å². The summed E-state index contributed by atoms with van der Waals surface area (Å²) >= 11 is 0. The van der Waals surface area contributed by atoms with E-state index in [2.05, 4.69) is 4.99 Å². The molecule has 138 valence electrons. The van der Waals surface area contributed by atoms with Crippen LogP contribution in [0.5, 0.6) is 17.2 Å². The number of aliphatic imine (C=N–C) groups is 1. The molecule has 27 heavy (non-hydrogen) atoms. The lowest BCUT2D eigenvalue weighted by Gasteiger charge is -2.14. The molecule has 0 aliphatic carbocycles. The Morgan fingerprint density at radius 2 is 1.63 bits per heavy atom. The lowest BCUT2D eigenvalue weighted by atomic mass is 10.1. The summed E-state index contributed by atoms with van der Waals surface area (Å²) in [6.07, 6.45) is 5.07. The molecule has 0 radical (unpaired) electrons. The first-order chi connectivity index (χ1) is 13.2. The van der Waals surface area contributed by atoms with E-state index in [1.54, 1.807) is 31.4 Å². The Labute approximate surface area is 157 Å². The molecule has 0 saturated carbocycles. The van der Waals surface area contributed by atoms with E-state index in [1.165, 1.54) is 14.2 Å². The Bertz CT molecular complexity index is 929. The van der Waals surface area contributed by atoms with Crippen LogP contribution in [0.1, 0.15) is 11.1 Å². The molecule has 6 nitrogen and oxygen atoms in total. The summed E-state index contributed by atoms with van der Waals surface area (Å²) in [4.78, 5) is 16.4. The van der Waals surface area contributed by atoms with Crippen molar-refractivity contribution in [2.45, 2.75) is 0 Å². The first-order valence-corrected chi connectivity index (χ1v) is 8.21. The van der Waals surface area contributed by atoms with Gasteiger partial charge in [0, 0.05) is 11.6 Å². The highest BCUT2D eigenvalue weighted by molar-refractivity contribution is 6.11. The molecule has 1 aliphatic heterocycles. The van der Waals surface area contributed by atoms with E-state index in [1.807, 2.05) is 36.4 Å². The van der Waals surface area contributed by atoms with Crippen molar-refractivity contribution >= 4 is 24.0 Å². The molecule has 6 heteroatoms. The molecule has 1 aliphatic rings. The molecule has 0 atom stereocenters. The highest BCUT2D eigenvalue weighted by Crippen LogP contribution is 2.40. The lowest BCUT2D eigenvalue weighted by Crippen LogP contribution is -2.01. The van der Waals surface area contributed by atoms with E-state index < -0.39 is 5.97 Å². The van der Waals surface area contributed by atoms with Crippen LogP contribution in [0, 0.1) is 0 Å². The van der Waals surface area contributed by atoms with E-state index in [9.17, 15) is 4.79 Å². The number of benzene rings is 2. The molecule has 0 fully saturated rings. The summed E-state index contributed by atoms with van der Waals surface area (Å²) in [5.41, 5.74) is 1.78. The third-order valence-corrected chi connectivity index (χ3v) is 3.88. The van der Waals surface area contributed by atoms with Gasteiger partial charge >= 0.3 is 5.97 Å². The van der Waals surface area contributed by atoms with Crippen molar-refractivity contribution in [2.75, 3.05) is 21.3 Å². The monoisotopic (exact) mass is 365 g/mol. The summed E-state index contributed by atoms with van der Waals surface area (Å²) in [6.45, 7) is 0. The van der Waals surface area contributed by atoms with Crippen molar-refractivity contribution in [3.8, 4) is 17.2 Å². The van der Waals surface area contributed by atoms with Crippen LogP contribution in [0.4, 0.5) is 0 Å². The first kappa shape index (κ1) is 18.3. The van der Waals surface area contributed by atoms with Crippen molar-refractivity contribution in [3.63, 3.8) is 0 Å². The maximum absolute atomic E-state index is 12.1. The minimum absolute atomic E-state index is 0.174. The van der Waals surface area contributed by atoms with E-state index in [-0.39, 0.29) is 11.6 Å². The second-order valence-corrected chi connectivity index (χ2v) is 5.54. The number of carbonyl (C=O) groups is 1. The molecule has 0 saturated heterocycles. The molecular formula is C21H19NO5. The molecule has 0 aromatic heterocycles. The number of esters is 1. The predicted molar refractivity (Wildman–Crippen MR) is 103 cm³/mol. The van der Waals surface area contributed by atoms with Crippen LogP contribution in [0.3, 0.4) is 0 Å². The lowest BCUT2D eigenvalue weighted by molar-refractivity contribution is -0.129. The van der Waals surface area contributed by atoms with Crippen LogP contribution in [-0.2, 0) is 9.53 Å². The Kier molecular flexibility index (Phi) is 5.56. The highest BCUT2D eigenvalue weighted by Gasteiger charge is 2.23. The smallest absolute Gasteiger partial charge is 0.363 e. The highest BCUT2D eigenvalue weighted by atomic mass is 16.6. The van der Waals surface area contributed by atoms with E-state index in [4.69, 9.17) is 18.9 Å². The second kappa shape index (κ2) is 8.23. The summed E-state index contributed by atoms with van der Waals surface area (Å²) in [5, 5.41) is 0. The van der Waals surface area contributed by atoms with Crippen LogP contribution in [0.15, 0.2) is 59.2 Å². The van der Waals surface area contributed by atoms with Crippen molar-refractivity contribution in [2.24, 2.45) is 4.99 Å². The molecule has 1 heterocycles. The van der Waals surface area contributed by atoms with Gasteiger partial charge in [-0.05, 0) is 29.8 Å². The molecule has 0 amide bonds. The third kappa shape index (κ3) is 4.00. The van der Waals surface area contributed by atoms with Gasteiger partial charge in [0.2, 0.25) is 11.6 Å². The van der Waals surface area contributed by atoms with Gasteiger partial charge in [0.15, 0.2) is 17.2 Å². The molecule has 0 unspecified atom stereocenters. The molecule has 2 aromatic rings. The number of hydrogen-bond donors (Lipinski definition) is 0. The van der Waals surface area contributed by atoms with Crippen LogP contribution in [0.25, 0.3) is 12.2 Å². The number of cyclic esters (lactones) is 1. The van der Waals surface area contributed by atoms with Gasteiger partial charge in [-0.2, -0.15) is 0 Å². The molecule has 2 aromatic carbocycles. The fraction of sp³-hybridized carbons (Fsp3) is 0.143. The maximum Gasteiger partial charge on any atom is 0.363 e. The van der Waals surface area contributed by atoms with Gasteiger partial charge in [-0.25, -0.2) is 9.79 Å². The summed E-state index contributed by atoms with van der Waals surface area (Å²) in [5.74, 6) is 1.11. The average Bonchev–Trinajstić information content (AvgIpc) is 3.06. The molecular weight excluding hydrogens is 346 g/mol. The average molecular weight is 365 g/mol. The molecule has 0 spiro atoms. The zero-order valence-electron chi connectivity index (χ0n) is 15.3. The van der Waals surface area contributed by atoms with Crippen LogP contribution < -0.4 is 14.2 Å². The van der Waals surface area contributed by atoms with Gasteiger partial charge in [-0.1, -0.05) is 30.3 Å². The number of nitrogens with zero attached hydrogens (tertiary/aromatic N) is 1. The minimum Gasteiger partial charge on any atom is -0.493 e. The van der Waals surface area contributed by atoms with Crippen LogP contribution in [-0.4, -0.2) is 33.2 Å². The largest absolute Gasteiger partial charge is 0.493 e. The van der Waals surface area contributed by atoms with Gasteiger partial charge < -0.3 is 18.9 Å². The Morgan fingerprint density at radius 3 is 2.30 bits per heavy atom. The fourth-order valence-electron chi connectivity index (χ4n) is 2.61. The number of ether oxygens (including phenoxy) is 4. The summed E-state index contributed by atoms with van der Waals surface area (Å²) in [6, 6.07) is 13.2. The zero-order chi connectivity index (χ0) is 19.2. The summed E-state index contributed by atoms with van der Waals surface area (Å²) in [7, 11) is 4.58. The summed E-state index contributed by atoms with van der Waals surface area (Å²) < 4.78 is 21.2.